The van der Waals surface area contributed by atoms with E-state index in [9.17, 15) is 0 Å². The van der Waals surface area contributed by atoms with Gasteiger partial charge in [-0.2, -0.15) is 0 Å². The van der Waals surface area contributed by atoms with Gasteiger partial charge in [0.2, 0.25) is 0 Å². The number of hydrogen-bond donors (Lipinski definition) is 0. The molecular formula is C28H28OSi. The Labute approximate surface area is 181 Å². The molecular weight excluding hydrogens is 380 g/mol. The van der Waals surface area contributed by atoms with E-state index in [0.29, 0.717) is 0 Å². The predicted molar refractivity (Wildman–Crippen MR) is 130 cm³/mol. The molecule has 0 aromatic heterocycles. The summed E-state index contributed by atoms with van der Waals surface area (Å²) in [5.41, 5.74) is 7.32. The van der Waals surface area contributed by atoms with Crippen LogP contribution in [-0.2, 0) is 4.43 Å². The first-order chi connectivity index (χ1) is 14.5. The summed E-state index contributed by atoms with van der Waals surface area (Å²) >= 11 is 0. The Kier molecular flexibility index (Phi) is 5.98. The zero-order valence-corrected chi connectivity index (χ0v) is 18.9. The first-order valence-corrected chi connectivity index (χ1v) is 13.9. The second-order valence-corrected chi connectivity index (χ2v) is 13.0. The maximum absolute atomic E-state index is 6.87. The van der Waals surface area contributed by atoms with E-state index in [1.807, 2.05) is 0 Å². The van der Waals surface area contributed by atoms with Crippen LogP contribution < -0.4 is 0 Å². The number of rotatable bonds is 6. The molecule has 0 heterocycles. The molecule has 0 saturated heterocycles. The van der Waals surface area contributed by atoms with Crippen molar-refractivity contribution in [3.05, 3.63) is 120 Å². The van der Waals surface area contributed by atoms with Crippen LogP contribution >= 0.6 is 0 Å². The lowest BCUT2D eigenvalue weighted by atomic mass is 9.89. The minimum absolute atomic E-state index is 0.121. The molecule has 0 spiro atoms. The van der Waals surface area contributed by atoms with Crippen molar-refractivity contribution in [2.24, 2.45) is 0 Å². The molecule has 0 bridgehead atoms. The molecule has 4 rings (SSSR count). The van der Waals surface area contributed by atoms with Crippen LogP contribution in [0.1, 0.15) is 17.2 Å². The third-order valence-corrected chi connectivity index (χ3v) is 6.07. The van der Waals surface area contributed by atoms with E-state index in [2.05, 4.69) is 129 Å². The normalized spacial score (nSPS) is 11.6. The summed E-state index contributed by atoms with van der Waals surface area (Å²) in [6, 6.07) is 38.5. The highest BCUT2D eigenvalue weighted by atomic mass is 28.4. The van der Waals surface area contributed by atoms with Crippen molar-refractivity contribution in [1.82, 2.24) is 0 Å². The molecule has 0 atom stereocenters. The maximum atomic E-state index is 6.87. The van der Waals surface area contributed by atoms with Crippen molar-refractivity contribution >= 4 is 8.32 Å². The fraction of sp³-hybridized carbons (Fsp3) is 0.143. The molecule has 0 aliphatic carbocycles. The van der Waals surface area contributed by atoms with Gasteiger partial charge in [-0.15, -0.1) is 0 Å². The van der Waals surface area contributed by atoms with E-state index < -0.39 is 8.32 Å². The van der Waals surface area contributed by atoms with Gasteiger partial charge in [0.05, 0.1) is 6.10 Å². The Bertz CT molecular complexity index is 1020. The van der Waals surface area contributed by atoms with Crippen LogP contribution in [-0.4, -0.2) is 8.32 Å². The van der Waals surface area contributed by atoms with E-state index in [1.165, 1.54) is 33.4 Å². The van der Waals surface area contributed by atoms with Gasteiger partial charge in [-0.1, -0.05) is 109 Å². The summed E-state index contributed by atoms with van der Waals surface area (Å²) in [6.45, 7) is 6.78. The molecule has 0 unspecified atom stereocenters. The van der Waals surface area contributed by atoms with Gasteiger partial charge in [0.15, 0.2) is 8.32 Å². The van der Waals surface area contributed by atoms with Gasteiger partial charge in [0.1, 0.15) is 0 Å². The van der Waals surface area contributed by atoms with Crippen molar-refractivity contribution in [3.8, 4) is 22.3 Å². The second-order valence-electron chi connectivity index (χ2n) is 8.52. The standard InChI is InChI=1S/C28H28OSi/c1-30(2,3)29-28(26-20-12-10-18-24(26)22-14-6-4-7-15-22)27-21-13-11-19-25(27)23-16-8-5-9-17-23/h4-21,28H,1-3H3. The summed E-state index contributed by atoms with van der Waals surface area (Å²) in [4.78, 5) is 0. The van der Waals surface area contributed by atoms with Crippen molar-refractivity contribution in [2.75, 3.05) is 0 Å². The summed E-state index contributed by atoms with van der Waals surface area (Å²) < 4.78 is 6.87. The molecule has 150 valence electrons. The maximum Gasteiger partial charge on any atom is 0.185 e. The van der Waals surface area contributed by atoms with Gasteiger partial charge in [0.25, 0.3) is 0 Å². The lowest BCUT2D eigenvalue weighted by Gasteiger charge is -2.30. The van der Waals surface area contributed by atoms with Crippen molar-refractivity contribution in [2.45, 2.75) is 25.7 Å². The summed E-state index contributed by atoms with van der Waals surface area (Å²) in [7, 11) is -1.83. The summed E-state index contributed by atoms with van der Waals surface area (Å²) in [5.74, 6) is 0. The monoisotopic (exact) mass is 408 g/mol. The number of benzene rings is 4. The largest absolute Gasteiger partial charge is 0.407 e. The van der Waals surface area contributed by atoms with Gasteiger partial charge in [-0.25, -0.2) is 0 Å². The van der Waals surface area contributed by atoms with Crippen LogP contribution in [0.2, 0.25) is 19.6 Å². The molecule has 0 aliphatic heterocycles. The minimum atomic E-state index is -1.83. The van der Waals surface area contributed by atoms with E-state index in [-0.39, 0.29) is 6.10 Å². The molecule has 1 nitrogen and oxygen atoms in total. The van der Waals surface area contributed by atoms with Crippen molar-refractivity contribution in [3.63, 3.8) is 0 Å². The lowest BCUT2D eigenvalue weighted by Crippen LogP contribution is -2.29. The molecule has 0 fully saturated rings. The fourth-order valence-corrected chi connectivity index (χ4v) is 4.82. The Balaban J connectivity index is 1.91. The average molecular weight is 409 g/mol. The Morgan fingerprint density at radius 3 is 1.27 bits per heavy atom. The molecule has 0 N–H and O–H groups in total. The summed E-state index contributed by atoms with van der Waals surface area (Å²) in [5, 5.41) is 0. The molecule has 0 radical (unpaired) electrons. The van der Waals surface area contributed by atoms with Crippen LogP contribution in [0.15, 0.2) is 109 Å². The highest BCUT2D eigenvalue weighted by Gasteiger charge is 2.27. The molecule has 0 aliphatic rings. The van der Waals surface area contributed by atoms with E-state index >= 15 is 0 Å². The Morgan fingerprint density at radius 1 is 0.500 bits per heavy atom. The first kappa shape index (κ1) is 20.3. The molecule has 4 aromatic carbocycles. The van der Waals surface area contributed by atoms with E-state index in [0.717, 1.165) is 0 Å². The van der Waals surface area contributed by atoms with Crippen LogP contribution in [0.4, 0.5) is 0 Å². The molecule has 30 heavy (non-hydrogen) atoms. The van der Waals surface area contributed by atoms with Gasteiger partial charge in [-0.3, -0.25) is 0 Å². The van der Waals surface area contributed by atoms with Crippen LogP contribution in [0.25, 0.3) is 22.3 Å². The molecule has 4 aromatic rings. The molecule has 0 saturated carbocycles. The van der Waals surface area contributed by atoms with Gasteiger partial charge < -0.3 is 4.43 Å². The van der Waals surface area contributed by atoms with E-state index in [1.54, 1.807) is 0 Å². The zero-order chi connectivity index (χ0) is 21.0. The second kappa shape index (κ2) is 8.82. The fourth-order valence-electron chi connectivity index (χ4n) is 3.86. The number of hydrogen-bond acceptors (Lipinski definition) is 1. The SMILES string of the molecule is C[Si](C)(C)OC(c1ccccc1-c1ccccc1)c1ccccc1-c1ccccc1. The highest BCUT2D eigenvalue weighted by Crippen LogP contribution is 2.40. The van der Waals surface area contributed by atoms with Crippen molar-refractivity contribution < 1.29 is 4.43 Å². The quantitative estimate of drug-likeness (QED) is 0.294. The first-order valence-electron chi connectivity index (χ1n) is 10.5. The third kappa shape index (κ3) is 4.61. The topological polar surface area (TPSA) is 9.23 Å². The van der Waals surface area contributed by atoms with Gasteiger partial charge in [0, 0.05) is 0 Å². The third-order valence-electron chi connectivity index (χ3n) is 5.13. The molecule has 0 amide bonds. The van der Waals surface area contributed by atoms with Crippen LogP contribution in [0, 0.1) is 0 Å². The smallest absolute Gasteiger partial charge is 0.185 e. The van der Waals surface area contributed by atoms with Gasteiger partial charge >= 0.3 is 0 Å². The Hall–Kier alpha value is -2.94. The minimum Gasteiger partial charge on any atom is -0.407 e. The molecule has 2 heteroatoms. The zero-order valence-electron chi connectivity index (χ0n) is 17.9. The summed E-state index contributed by atoms with van der Waals surface area (Å²) in [6.07, 6.45) is -0.121. The highest BCUT2D eigenvalue weighted by molar-refractivity contribution is 6.69. The van der Waals surface area contributed by atoms with E-state index in [4.69, 9.17) is 4.43 Å². The van der Waals surface area contributed by atoms with Crippen LogP contribution in [0.3, 0.4) is 0 Å². The Morgan fingerprint density at radius 2 is 0.867 bits per heavy atom. The predicted octanol–water partition coefficient (Wildman–Crippen LogP) is 7.96. The van der Waals surface area contributed by atoms with Crippen LogP contribution in [0.5, 0.6) is 0 Å². The lowest BCUT2D eigenvalue weighted by molar-refractivity contribution is 0.241. The average Bonchev–Trinajstić information content (AvgIpc) is 2.78. The van der Waals surface area contributed by atoms with Crippen molar-refractivity contribution in [1.29, 1.82) is 0 Å². The van der Waals surface area contributed by atoms with Gasteiger partial charge in [-0.05, 0) is 53.0 Å².